The topological polar surface area (TPSA) is 46.2 Å². The summed E-state index contributed by atoms with van der Waals surface area (Å²) >= 11 is 0. The number of hydrogen-bond acceptors (Lipinski definition) is 2. The maximum atomic E-state index is 12.3. The molecule has 0 bridgehead atoms. The number of anilines is 1. The first kappa shape index (κ1) is 16.2. The molecule has 1 atom stereocenters. The minimum absolute atomic E-state index is 0.0460. The van der Waals surface area contributed by atoms with Crippen molar-refractivity contribution in [2.24, 2.45) is 5.92 Å². The van der Waals surface area contributed by atoms with Crippen molar-refractivity contribution in [2.45, 2.75) is 26.7 Å². The summed E-state index contributed by atoms with van der Waals surface area (Å²) < 4.78 is 0. The van der Waals surface area contributed by atoms with Crippen molar-refractivity contribution < 1.29 is 9.59 Å². The lowest BCUT2D eigenvalue weighted by molar-refractivity contribution is -0.110. The van der Waals surface area contributed by atoms with Gasteiger partial charge in [0.2, 0.25) is 0 Å². The van der Waals surface area contributed by atoms with Gasteiger partial charge < -0.3 is 5.32 Å². The fourth-order valence-corrected chi connectivity index (χ4v) is 3.30. The minimum Gasteiger partial charge on any atom is -0.321 e. The smallest absolute Gasteiger partial charge is 0.256 e. The van der Waals surface area contributed by atoms with Crippen LogP contribution >= 0.6 is 0 Å². The van der Waals surface area contributed by atoms with Gasteiger partial charge in [0.1, 0.15) is 0 Å². The van der Waals surface area contributed by atoms with Crippen LogP contribution in [0.15, 0.2) is 60.2 Å². The Balaban J connectivity index is 1.74. The van der Waals surface area contributed by atoms with E-state index in [2.05, 4.69) is 12.2 Å². The van der Waals surface area contributed by atoms with Gasteiger partial charge in [-0.1, -0.05) is 61.0 Å². The van der Waals surface area contributed by atoms with Crippen molar-refractivity contribution in [2.75, 3.05) is 5.32 Å². The zero-order valence-corrected chi connectivity index (χ0v) is 14.0. The maximum absolute atomic E-state index is 12.3. The van der Waals surface area contributed by atoms with E-state index < -0.39 is 0 Å². The molecule has 0 unspecified atom stereocenters. The van der Waals surface area contributed by atoms with E-state index in [-0.39, 0.29) is 17.6 Å². The monoisotopic (exact) mass is 319 g/mol. The Morgan fingerprint density at radius 1 is 1.00 bits per heavy atom. The average molecular weight is 319 g/mol. The summed E-state index contributed by atoms with van der Waals surface area (Å²) in [6.45, 7) is 4.05. The summed E-state index contributed by atoms with van der Waals surface area (Å²) in [4.78, 5) is 24.6. The lowest BCUT2D eigenvalue weighted by atomic mass is 9.90. The number of carbonyl (C=O) groups excluding carboxylic acids is 2. The number of fused-ring (bicyclic) bond motifs is 1. The van der Waals surface area contributed by atoms with Crippen LogP contribution in [-0.4, -0.2) is 11.7 Å². The Morgan fingerprint density at radius 2 is 1.67 bits per heavy atom. The molecule has 0 saturated carbocycles. The van der Waals surface area contributed by atoms with Gasteiger partial charge in [0.05, 0.1) is 0 Å². The van der Waals surface area contributed by atoms with Gasteiger partial charge in [0, 0.05) is 28.8 Å². The molecule has 2 aromatic carbocycles. The second-order valence-corrected chi connectivity index (χ2v) is 6.46. The van der Waals surface area contributed by atoms with E-state index in [9.17, 15) is 9.59 Å². The van der Waals surface area contributed by atoms with E-state index in [1.54, 1.807) is 0 Å². The SMILES string of the molecule is C/C(C[C@@H](C)CC(=O)c1ccccc1)=C1/C(=O)Nc2ccccc21. The number of carbonyl (C=O) groups is 2. The Bertz CT molecular complexity index is 806. The molecule has 1 aliphatic heterocycles. The molecule has 24 heavy (non-hydrogen) atoms. The molecule has 0 fully saturated rings. The Labute approximate surface area is 142 Å². The normalized spacial score (nSPS) is 16.3. The largest absolute Gasteiger partial charge is 0.321 e. The number of para-hydroxylation sites is 1. The third kappa shape index (κ3) is 3.30. The predicted molar refractivity (Wildman–Crippen MR) is 96.8 cm³/mol. The van der Waals surface area contributed by atoms with E-state index >= 15 is 0 Å². The van der Waals surface area contributed by atoms with E-state index in [1.807, 2.05) is 61.5 Å². The number of ketones is 1. The summed E-state index contributed by atoms with van der Waals surface area (Å²) in [6, 6.07) is 17.1. The number of allylic oxidation sites excluding steroid dienone is 1. The van der Waals surface area contributed by atoms with Crippen LogP contribution in [0.2, 0.25) is 0 Å². The fraction of sp³-hybridized carbons (Fsp3) is 0.238. The second kappa shape index (κ2) is 6.83. The first-order valence-corrected chi connectivity index (χ1v) is 8.25. The maximum Gasteiger partial charge on any atom is 0.256 e. The molecule has 1 amide bonds. The molecule has 3 heteroatoms. The van der Waals surface area contributed by atoms with Crippen molar-refractivity contribution in [3.8, 4) is 0 Å². The summed E-state index contributed by atoms with van der Waals surface area (Å²) in [5, 5.41) is 2.90. The molecule has 0 spiro atoms. The third-order valence-corrected chi connectivity index (χ3v) is 4.38. The predicted octanol–water partition coefficient (Wildman–Crippen LogP) is 4.71. The third-order valence-electron chi connectivity index (χ3n) is 4.38. The Hall–Kier alpha value is -2.68. The van der Waals surface area contributed by atoms with E-state index in [4.69, 9.17) is 0 Å². The minimum atomic E-state index is -0.0460. The first-order valence-electron chi connectivity index (χ1n) is 8.25. The van der Waals surface area contributed by atoms with Gasteiger partial charge >= 0.3 is 0 Å². The first-order chi connectivity index (χ1) is 11.6. The highest BCUT2D eigenvalue weighted by Gasteiger charge is 2.26. The molecule has 122 valence electrons. The van der Waals surface area contributed by atoms with Gasteiger partial charge in [-0.05, 0) is 25.3 Å². The van der Waals surface area contributed by atoms with Crippen LogP contribution in [-0.2, 0) is 4.79 Å². The van der Waals surface area contributed by atoms with Gasteiger partial charge in [-0.2, -0.15) is 0 Å². The number of rotatable bonds is 5. The van der Waals surface area contributed by atoms with E-state index in [0.717, 1.165) is 34.4 Å². The Kier molecular flexibility index (Phi) is 4.61. The molecular formula is C21H21NO2. The summed E-state index contributed by atoms with van der Waals surface area (Å²) in [5.41, 5.74) is 4.36. The van der Waals surface area contributed by atoms with Crippen LogP contribution < -0.4 is 5.32 Å². The number of benzene rings is 2. The molecule has 1 N–H and O–H groups in total. The van der Waals surface area contributed by atoms with Gasteiger partial charge in [0.15, 0.2) is 5.78 Å². The van der Waals surface area contributed by atoms with Gasteiger partial charge in [-0.25, -0.2) is 0 Å². The Morgan fingerprint density at radius 3 is 2.42 bits per heavy atom. The molecule has 3 rings (SSSR count). The van der Waals surface area contributed by atoms with Crippen LogP contribution in [0.4, 0.5) is 5.69 Å². The van der Waals surface area contributed by atoms with Gasteiger partial charge in [-0.15, -0.1) is 0 Å². The molecule has 2 aromatic rings. The fourth-order valence-electron chi connectivity index (χ4n) is 3.30. The van der Waals surface area contributed by atoms with Crippen molar-refractivity contribution >= 4 is 23.0 Å². The van der Waals surface area contributed by atoms with E-state index in [1.165, 1.54) is 0 Å². The number of nitrogens with one attached hydrogen (secondary N) is 1. The van der Waals surface area contributed by atoms with Crippen molar-refractivity contribution in [3.05, 3.63) is 71.3 Å². The molecule has 0 saturated heterocycles. The summed E-state index contributed by atoms with van der Waals surface area (Å²) in [7, 11) is 0. The van der Waals surface area contributed by atoms with Gasteiger partial charge in [0.25, 0.3) is 5.91 Å². The lowest BCUT2D eigenvalue weighted by Gasteiger charge is -2.13. The molecule has 0 aromatic heterocycles. The second-order valence-electron chi connectivity index (χ2n) is 6.46. The number of amides is 1. The summed E-state index contributed by atoms with van der Waals surface area (Å²) in [6.07, 6.45) is 1.22. The number of hydrogen-bond donors (Lipinski definition) is 1. The standard InChI is InChI=1S/C21H21NO2/c1-14(13-19(23)16-8-4-3-5-9-16)12-15(2)20-17-10-6-7-11-18(17)22-21(20)24/h3-11,14H,12-13H2,1-2H3,(H,22,24)/b20-15-/t14-/m1/s1. The zero-order chi connectivity index (χ0) is 17.1. The molecule has 0 aliphatic carbocycles. The zero-order valence-electron chi connectivity index (χ0n) is 14.0. The van der Waals surface area contributed by atoms with Crippen LogP contribution in [0.3, 0.4) is 0 Å². The molecule has 0 radical (unpaired) electrons. The average Bonchev–Trinajstić information content (AvgIpc) is 2.91. The van der Waals surface area contributed by atoms with Crippen molar-refractivity contribution in [1.29, 1.82) is 0 Å². The molecule has 3 nitrogen and oxygen atoms in total. The molecular weight excluding hydrogens is 298 g/mol. The summed E-state index contributed by atoms with van der Waals surface area (Å²) in [5.74, 6) is 0.290. The van der Waals surface area contributed by atoms with Crippen molar-refractivity contribution in [1.82, 2.24) is 0 Å². The highest BCUT2D eigenvalue weighted by Crippen LogP contribution is 2.35. The van der Waals surface area contributed by atoms with Crippen LogP contribution in [0, 0.1) is 5.92 Å². The molecule has 1 heterocycles. The van der Waals surface area contributed by atoms with E-state index in [0.29, 0.717) is 6.42 Å². The number of Topliss-reactive ketones (excluding diaryl/α,β-unsaturated/α-hetero) is 1. The highest BCUT2D eigenvalue weighted by molar-refractivity contribution is 6.32. The quantitative estimate of drug-likeness (QED) is 0.641. The van der Waals surface area contributed by atoms with Crippen LogP contribution in [0.1, 0.15) is 42.6 Å². The van der Waals surface area contributed by atoms with Crippen LogP contribution in [0.5, 0.6) is 0 Å². The highest BCUT2D eigenvalue weighted by atomic mass is 16.2. The van der Waals surface area contributed by atoms with Crippen molar-refractivity contribution in [3.63, 3.8) is 0 Å². The molecule has 1 aliphatic rings. The van der Waals surface area contributed by atoms with Gasteiger partial charge in [-0.3, -0.25) is 9.59 Å². The van der Waals surface area contributed by atoms with Crippen LogP contribution in [0.25, 0.3) is 5.57 Å². The lowest BCUT2D eigenvalue weighted by Crippen LogP contribution is -2.09.